The summed E-state index contributed by atoms with van der Waals surface area (Å²) in [5, 5.41) is 17.8. The Hall–Kier alpha value is -6.54. The number of hydrogen-bond donors (Lipinski definition) is 0. The van der Waals surface area contributed by atoms with Crippen LogP contribution in [0.5, 0.6) is 0 Å². The van der Waals surface area contributed by atoms with E-state index in [9.17, 15) is 0 Å². The molecular weight excluding hydrogens is 693 g/mol. The first-order chi connectivity index (χ1) is 27.6. The average Bonchev–Trinajstić information content (AvgIpc) is 3.86. The Morgan fingerprint density at radius 2 is 0.768 bits per heavy atom. The van der Waals surface area contributed by atoms with E-state index in [2.05, 4.69) is 195 Å². The summed E-state index contributed by atoms with van der Waals surface area (Å²) in [6.45, 7) is 4.83. The minimum atomic E-state index is -0.170. The first-order valence-electron chi connectivity index (χ1n) is 19.6. The van der Waals surface area contributed by atoms with E-state index in [1.54, 1.807) is 11.3 Å². The van der Waals surface area contributed by atoms with Gasteiger partial charge < -0.3 is 0 Å². The third kappa shape index (κ3) is 4.35. The highest BCUT2D eigenvalue weighted by Gasteiger charge is 2.36. The molecular formula is C55H36S. The fourth-order valence-electron chi connectivity index (χ4n) is 10.2. The van der Waals surface area contributed by atoms with Crippen LogP contribution in [0, 0.1) is 0 Å². The number of thiophene rings is 1. The first kappa shape index (κ1) is 31.8. The van der Waals surface area contributed by atoms with Crippen molar-refractivity contribution in [2.45, 2.75) is 19.3 Å². The Morgan fingerprint density at radius 1 is 0.321 bits per heavy atom. The summed E-state index contributed by atoms with van der Waals surface area (Å²) in [6.07, 6.45) is 0. The molecule has 0 N–H and O–H groups in total. The molecule has 0 saturated carbocycles. The lowest BCUT2D eigenvalue weighted by Crippen LogP contribution is -2.15. The normalized spacial score (nSPS) is 13.3. The molecule has 10 aromatic carbocycles. The lowest BCUT2D eigenvalue weighted by Gasteiger charge is -2.24. The number of fused-ring (bicyclic) bond motifs is 12. The number of hydrogen-bond acceptors (Lipinski definition) is 1. The van der Waals surface area contributed by atoms with Gasteiger partial charge in [0.05, 0.1) is 0 Å². The summed E-state index contributed by atoms with van der Waals surface area (Å²) in [4.78, 5) is 1.30. The largest absolute Gasteiger partial charge is 0.144 e. The molecule has 1 heterocycles. The smallest absolute Gasteiger partial charge is 0.0348 e. The van der Waals surface area contributed by atoms with Gasteiger partial charge >= 0.3 is 0 Å². The van der Waals surface area contributed by atoms with Crippen LogP contribution in [0.3, 0.4) is 0 Å². The average molecular weight is 729 g/mol. The lowest BCUT2D eigenvalue weighted by atomic mass is 9.79. The van der Waals surface area contributed by atoms with Crippen LogP contribution >= 0.6 is 11.3 Å². The maximum Gasteiger partial charge on any atom is 0.0348 e. The van der Waals surface area contributed by atoms with Crippen LogP contribution in [0.25, 0.3) is 108 Å². The highest BCUT2D eigenvalue weighted by molar-refractivity contribution is 7.13. The molecule has 262 valence electrons. The van der Waals surface area contributed by atoms with Gasteiger partial charge in [0.15, 0.2) is 0 Å². The van der Waals surface area contributed by atoms with Crippen LogP contribution in [0.15, 0.2) is 181 Å². The summed E-state index contributed by atoms with van der Waals surface area (Å²) in [7, 11) is 0. The molecule has 0 bridgehead atoms. The fraction of sp³-hybridized carbons (Fsp3) is 0.0545. The van der Waals surface area contributed by atoms with Gasteiger partial charge in [0.2, 0.25) is 0 Å². The zero-order valence-electron chi connectivity index (χ0n) is 31.2. The zero-order valence-corrected chi connectivity index (χ0v) is 32.0. The Labute approximate surface area is 329 Å². The maximum absolute atomic E-state index is 2.51. The predicted octanol–water partition coefficient (Wildman–Crippen LogP) is 16.0. The topological polar surface area (TPSA) is 0 Å². The minimum Gasteiger partial charge on any atom is -0.144 e. The quantitative estimate of drug-likeness (QED) is 0.126. The molecule has 0 fully saturated rings. The molecule has 1 aliphatic carbocycles. The van der Waals surface area contributed by atoms with Crippen molar-refractivity contribution in [3.8, 4) is 43.8 Å². The van der Waals surface area contributed by atoms with Crippen molar-refractivity contribution in [1.29, 1.82) is 0 Å². The van der Waals surface area contributed by atoms with E-state index in [-0.39, 0.29) is 5.41 Å². The van der Waals surface area contributed by atoms with Crippen molar-refractivity contribution in [2.75, 3.05) is 0 Å². The molecule has 0 aliphatic heterocycles. The van der Waals surface area contributed by atoms with E-state index in [0.29, 0.717) is 0 Å². The van der Waals surface area contributed by atoms with E-state index in [1.165, 1.54) is 120 Å². The summed E-state index contributed by atoms with van der Waals surface area (Å²) in [6, 6.07) is 66.2. The number of rotatable bonds is 3. The van der Waals surface area contributed by atoms with Crippen LogP contribution in [0.4, 0.5) is 0 Å². The Bertz CT molecular complexity index is 3380. The molecule has 0 radical (unpaired) electrons. The van der Waals surface area contributed by atoms with E-state index in [0.717, 1.165) is 0 Å². The van der Waals surface area contributed by atoms with Crippen molar-refractivity contribution >= 4 is 76.0 Å². The third-order valence-electron chi connectivity index (χ3n) is 12.7. The standard InChI is InChI=1S/C55H36S/c1-55(2)50-30-33(25-26-40(50)49-31-47-38-18-7-3-14-34(38)35-15-4-8-19-39(35)48(47)32-51(49)55)53-42-20-9-11-22-44(42)54(45-23-12-10-21-43(45)53)46-28-27-41(52-24-13-29-56-52)36-16-5-6-17-37(36)46/h3-32H,1-2H3. The highest BCUT2D eigenvalue weighted by Crippen LogP contribution is 2.54. The van der Waals surface area contributed by atoms with Gasteiger partial charge in [0.25, 0.3) is 0 Å². The molecule has 0 nitrogen and oxygen atoms in total. The van der Waals surface area contributed by atoms with Gasteiger partial charge in [-0.3, -0.25) is 0 Å². The molecule has 0 atom stereocenters. The zero-order chi connectivity index (χ0) is 37.1. The summed E-state index contributed by atoms with van der Waals surface area (Å²) >= 11 is 1.80. The van der Waals surface area contributed by atoms with Gasteiger partial charge in [-0.1, -0.05) is 166 Å². The van der Waals surface area contributed by atoms with Crippen molar-refractivity contribution in [3.63, 3.8) is 0 Å². The summed E-state index contributed by atoms with van der Waals surface area (Å²) < 4.78 is 0. The maximum atomic E-state index is 2.51. The van der Waals surface area contributed by atoms with Gasteiger partial charge in [-0.05, 0) is 144 Å². The SMILES string of the molecule is CC1(C)c2cc(-c3c4ccccc4c(-c4ccc(-c5cccs5)c5ccccc45)c4ccccc34)ccc2-c2cc3c4ccccc4c4ccccc4c3cc21. The first-order valence-corrected chi connectivity index (χ1v) is 20.5. The van der Waals surface area contributed by atoms with Crippen LogP contribution in [0.1, 0.15) is 25.0 Å². The number of benzene rings is 10. The second kappa shape index (κ2) is 11.7. The van der Waals surface area contributed by atoms with Crippen LogP contribution < -0.4 is 0 Å². The van der Waals surface area contributed by atoms with E-state index < -0.39 is 0 Å². The van der Waals surface area contributed by atoms with Gasteiger partial charge in [-0.25, -0.2) is 0 Å². The monoisotopic (exact) mass is 728 g/mol. The molecule has 0 spiro atoms. The van der Waals surface area contributed by atoms with Crippen molar-refractivity contribution < 1.29 is 0 Å². The summed E-state index contributed by atoms with van der Waals surface area (Å²) in [5.41, 5.74) is 11.8. The molecule has 0 amide bonds. The van der Waals surface area contributed by atoms with Gasteiger partial charge in [0, 0.05) is 10.3 Å². The minimum absolute atomic E-state index is 0.170. The fourth-order valence-corrected chi connectivity index (χ4v) is 10.9. The second-order valence-electron chi connectivity index (χ2n) is 15.9. The molecule has 12 rings (SSSR count). The van der Waals surface area contributed by atoms with E-state index >= 15 is 0 Å². The lowest BCUT2D eigenvalue weighted by molar-refractivity contribution is 0.661. The van der Waals surface area contributed by atoms with Gasteiger partial charge in [-0.15, -0.1) is 11.3 Å². The molecule has 11 aromatic rings. The predicted molar refractivity (Wildman–Crippen MR) is 243 cm³/mol. The summed E-state index contributed by atoms with van der Waals surface area (Å²) in [5.74, 6) is 0. The van der Waals surface area contributed by atoms with Crippen LogP contribution in [-0.4, -0.2) is 0 Å². The highest BCUT2D eigenvalue weighted by atomic mass is 32.1. The van der Waals surface area contributed by atoms with Crippen molar-refractivity contribution in [3.05, 3.63) is 192 Å². The van der Waals surface area contributed by atoms with Crippen molar-refractivity contribution in [1.82, 2.24) is 0 Å². The molecule has 1 heteroatoms. The Balaban J connectivity index is 1.10. The van der Waals surface area contributed by atoms with Crippen molar-refractivity contribution in [2.24, 2.45) is 0 Å². The molecule has 1 aliphatic rings. The molecule has 1 aromatic heterocycles. The third-order valence-corrected chi connectivity index (χ3v) is 13.6. The van der Waals surface area contributed by atoms with Crippen LogP contribution in [0.2, 0.25) is 0 Å². The van der Waals surface area contributed by atoms with E-state index in [4.69, 9.17) is 0 Å². The van der Waals surface area contributed by atoms with Crippen LogP contribution in [-0.2, 0) is 5.41 Å². The Kier molecular flexibility index (Phi) is 6.66. The van der Waals surface area contributed by atoms with Gasteiger partial charge in [0.1, 0.15) is 0 Å². The van der Waals surface area contributed by atoms with E-state index in [1.807, 2.05) is 0 Å². The second-order valence-corrected chi connectivity index (χ2v) is 16.9. The molecule has 0 saturated heterocycles. The molecule has 0 unspecified atom stereocenters. The van der Waals surface area contributed by atoms with Gasteiger partial charge in [-0.2, -0.15) is 0 Å². The molecule has 56 heavy (non-hydrogen) atoms. The Morgan fingerprint density at radius 3 is 1.34 bits per heavy atom.